The van der Waals surface area contributed by atoms with E-state index < -0.39 is 0 Å². The van der Waals surface area contributed by atoms with Crippen LogP contribution in [0.1, 0.15) is 48.0 Å². The Hall–Kier alpha value is 0. The summed E-state index contributed by atoms with van der Waals surface area (Å²) in [6.45, 7) is 13.7. The van der Waals surface area contributed by atoms with E-state index in [1.165, 1.54) is 6.42 Å². The molecule has 0 aliphatic carbocycles. The number of hydrogen-bond acceptors (Lipinski definition) is 0. The highest BCUT2D eigenvalue weighted by Gasteiger charge is 2.17. The summed E-state index contributed by atoms with van der Waals surface area (Å²) in [7, 11) is 0. The third-order valence-electron chi connectivity index (χ3n) is 1.79. The highest BCUT2D eigenvalue weighted by molar-refractivity contribution is 4.91. The summed E-state index contributed by atoms with van der Waals surface area (Å²) >= 11 is 0. The van der Waals surface area contributed by atoms with E-state index in [-0.39, 0.29) is 0 Å². The number of rotatable bonds is 2. The highest BCUT2D eigenvalue weighted by Crippen LogP contribution is 2.29. The van der Waals surface area contributed by atoms with E-state index in [0.717, 1.165) is 5.92 Å². The van der Waals surface area contributed by atoms with Gasteiger partial charge in [-0.2, -0.15) is 0 Å². The Bertz CT molecular complexity index is 84.7. The summed E-state index contributed by atoms with van der Waals surface area (Å²) in [5, 5.41) is 0. The largest absolute Gasteiger partial charge is 0.0622 e. The SMILES string of the molecule is C[C](CC(C)(C)C)C(C)C. The first kappa shape index (κ1) is 10.0. The summed E-state index contributed by atoms with van der Waals surface area (Å²) in [6, 6.07) is 0. The van der Waals surface area contributed by atoms with Crippen LogP contribution < -0.4 is 0 Å². The maximum absolute atomic E-state index is 2.29. The molecule has 1 radical (unpaired) electrons. The third kappa shape index (κ3) is 4.84. The summed E-state index contributed by atoms with van der Waals surface area (Å²) in [5.41, 5.74) is 0.467. The van der Waals surface area contributed by atoms with Crippen molar-refractivity contribution in [2.45, 2.75) is 48.0 Å². The van der Waals surface area contributed by atoms with E-state index in [1.807, 2.05) is 0 Å². The molecule has 0 aliphatic rings. The Morgan fingerprint density at radius 2 is 1.60 bits per heavy atom. The minimum Gasteiger partial charge on any atom is -0.0622 e. The average molecular weight is 141 g/mol. The molecule has 0 unspecified atom stereocenters. The molecule has 0 nitrogen and oxygen atoms in total. The van der Waals surface area contributed by atoms with E-state index in [4.69, 9.17) is 0 Å². The molecular weight excluding hydrogens is 120 g/mol. The average Bonchev–Trinajstić information content (AvgIpc) is 1.60. The van der Waals surface area contributed by atoms with Crippen LogP contribution in [0.5, 0.6) is 0 Å². The maximum atomic E-state index is 2.29. The predicted octanol–water partition coefficient (Wildman–Crippen LogP) is 3.67. The normalized spacial score (nSPS) is 13.2. The van der Waals surface area contributed by atoms with E-state index in [9.17, 15) is 0 Å². The molecule has 0 rings (SSSR count). The van der Waals surface area contributed by atoms with Crippen LogP contribution in [0.4, 0.5) is 0 Å². The van der Waals surface area contributed by atoms with Gasteiger partial charge in [-0.15, -0.1) is 0 Å². The molecule has 0 saturated carbocycles. The van der Waals surface area contributed by atoms with E-state index in [1.54, 1.807) is 5.92 Å². The van der Waals surface area contributed by atoms with Crippen molar-refractivity contribution in [3.05, 3.63) is 5.92 Å². The monoisotopic (exact) mass is 141 g/mol. The summed E-state index contributed by atoms with van der Waals surface area (Å²) in [6.07, 6.45) is 1.25. The molecule has 0 heterocycles. The fraction of sp³-hybridized carbons (Fsp3) is 0.900. The van der Waals surface area contributed by atoms with Crippen molar-refractivity contribution in [1.82, 2.24) is 0 Å². The Balaban J connectivity index is 3.68. The van der Waals surface area contributed by atoms with Gasteiger partial charge in [-0.25, -0.2) is 0 Å². The molecule has 0 N–H and O–H groups in total. The molecule has 10 heavy (non-hydrogen) atoms. The van der Waals surface area contributed by atoms with Crippen molar-refractivity contribution in [3.63, 3.8) is 0 Å². The molecule has 0 bridgehead atoms. The van der Waals surface area contributed by atoms with E-state index >= 15 is 0 Å². The van der Waals surface area contributed by atoms with Crippen LogP contribution in [-0.4, -0.2) is 0 Å². The number of hydrogen-bond donors (Lipinski definition) is 0. The van der Waals surface area contributed by atoms with E-state index in [0.29, 0.717) is 5.41 Å². The predicted molar refractivity (Wildman–Crippen MR) is 47.8 cm³/mol. The van der Waals surface area contributed by atoms with Gasteiger partial charge in [0.05, 0.1) is 0 Å². The van der Waals surface area contributed by atoms with Crippen LogP contribution in [0.3, 0.4) is 0 Å². The van der Waals surface area contributed by atoms with Gasteiger partial charge in [-0.05, 0) is 23.7 Å². The molecule has 0 fully saturated rings. The summed E-state index contributed by atoms with van der Waals surface area (Å²) < 4.78 is 0. The van der Waals surface area contributed by atoms with Gasteiger partial charge in [0, 0.05) is 0 Å². The fourth-order valence-electron chi connectivity index (χ4n) is 1.04. The second kappa shape index (κ2) is 3.41. The molecule has 0 spiro atoms. The molecule has 61 valence electrons. The van der Waals surface area contributed by atoms with Crippen molar-refractivity contribution in [3.8, 4) is 0 Å². The maximum Gasteiger partial charge on any atom is -0.0241 e. The van der Waals surface area contributed by atoms with Crippen molar-refractivity contribution in [1.29, 1.82) is 0 Å². The van der Waals surface area contributed by atoms with Crippen molar-refractivity contribution in [2.24, 2.45) is 11.3 Å². The van der Waals surface area contributed by atoms with E-state index in [2.05, 4.69) is 41.5 Å². The van der Waals surface area contributed by atoms with Crippen molar-refractivity contribution in [2.75, 3.05) is 0 Å². The van der Waals surface area contributed by atoms with Crippen molar-refractivity contribution >= 4 is 0 Å². The Morgan fingerprint density at radius 3 is 1.70 bits per heavy atom. The first-order valence-electron chi connectivity index (χ1n) is 4.15. The molecule has 0 atom stereocenters. The molecule has 0 heteroatoms. The molecule has 0 aromatic heterocycles. The van der Waals surface area contributed by atoms with Crippen LogP contribution in [0.2, 0.25) is 0 Å². The Labute approximate surface area is 66.0 Å². The summed E-state index contributed by atoms with van der Waals surface area (Å²) in [5.74, 6) is 2.37. The smallest absolute Gasteiger partial charge is 0.0241 e. The zero-order valence-corrected chi connectivity index (χ0v) is 8.28. The van der Waals surface area contributed by atoms with Crippen LogP contribution >= 0.6 is 0 Å². The molecule has 0 amide bonds. The van der Waals surface area contributed by atoms with Gasteiger partial charge in [0.25, 0.3) is 0 Å². The minimum absolute atomic E-state index is 0.467. The van der Waals surface area contributed by atoms with Gasteiger partial charge < -0.3 is 0 Å². The Kier molecular flexibility index (Phi) is 3.41. The van der Waals surface area contributed by atoms with Crippen LogP contribution in [0.15, 0.2) is 0 Å². The minimum atomic E-state index is 0.467. The second-order valence-electron chi connectivity index (χ2n) is 4.74. The lowest BCUT2D eigenvalue weighted by Crippen LogP contribution is -2.13. The van der Waals surface area contributed by atoms with Crippen LogP contribution in [0.25, 0.3) is 0 Å². The topological polar surface area (TPSA) is 0 Å². The molecule has 0 aromatic rings. The molecule has 0 saturated heterocycles. The standard InChI is InChI=1S/C10H21/c1-8(2)9(3)7-10(4,5)6/h8H,7H2,1-6H3. The Morgan fingerprint density at radius 1 is 1.20 bits per heavy atom. The first-order valence-corrected chi connectivity index (χ1v) is 4.15. The molecular formula is C10H21. The highest BCUT2D eigenvalue weighted by atomic mass is 14.2. The first-order chi connectivity index (χ1) is 4.33. The lowest BCUT2D eigenvalue weighted by Gasteiger charge is -2.25. The van der Waals surface area contributed by atoms with Gasteiger partial charge in [-0.1, -0.05) is 41.5 Å². The van der Waals surface area contributed by atoms with Crippen molar-refractivity contribution < 1.29 is 0 Å². The quantitative estimate of drug-likeness (QED) is 0.550. The summed E-state index contributed by atoms with van der Waals surface area (Å²) in [4.78, 5) is 0. The van der Waals surface area contributed by atoms with Gasteiger partial charge in [-0.3, -0.25) is 0 Å². The van der Waals surface area contributed by atoms with Gasteiger partial charge in [0.1, 0.15) is 0 Å². The lowest BCUT2D eigenvalue weighted by molar-refractivity contribution is 0.363. The van der Waals surface area contributed by atoms with Gasteiger partial charge >= 0.3 is 0 Å². The lowest BCUT2D eigenvalue weighted by atomic mass is 9.81. The third-order valence-corrected chi connectivity index (χ3v) is 1.79. The molecule has 0 aromatic carbocycles. The van der Waals surface area contributed by atoms with Gasteiger partial charge in [0.2, 0.25) is 0 Å². The zero-order chi connectivity index (χ0) is 8.36. The second-order valence-corrected chi connectivity index (χ2v) is 4.74. The van der Waals surface area contributed by atoms with Gasteiger partial charge in [0.15, 0.2) is 0 Å². The van der Waals surface area contributed by atoms with Crippen LogP contribution in [-0.2, 0) is 0 Å². The molecule has 0 aliphatic heterocycles. The zero-order valence-electron chi connectivity index (χ0n) is 8.28. The van der Waals surface area contributed by atoms with Crippen LogP contribution in [0, 0.1) is 17.3 Å². The fourth-order valence-corrected chi connectivity index (χ4v) is 1.04.